The van der Waals surface area contributed by atoms with Crippen LogP contribution in [0.25, 0.3) is 0 Å². The summed E-state index contributed by atoms with van der Waals surface area (Å²) in [6.45, 7) is 0. The van der Waals surface area contributed by atoms with Crippen LogP contribution >= 0.6 is 0 Å². The van der Waals surface area contributed by atoms with Gasteiger partial charge in [0.05, 0.1) is 7.11 Å². The summed E-state index contributed by atoms with van der Waals surface area (Å²) in [6.07, 6.45) is 5.75. The summed E-state index contributed by atoms with van der Waals surface area (Å²) < 4.78 is 5.00. The highest BCUT2D eigenvalue weighted by atomic mass is 16.5. The van der Waals surface area contributed by atoms with E-state index >= 15 is 0 Å². The van der Waals surface area contributed by atoms with Crippen LogP contribution in [-0.2, 0) is 0 Å². The van der Waals surface area contributed by atoms with Gasteiger partial charge in [-0.05, 0) is 31.0 Å². The lowest BCUT2D eigenvalue weighted by Crippen LogP contribution is -2.36. The minimum Gasteiger partial charge on any atom is -0.504 e. The van der Waals surface area contributed by atoms with Crippen LogP contribution in [0.1, 0.15) is 42.5 Å². The van der Waals surface area contributed by atoms with Crippen molar-refractivity contribution in [1.29, 1.82) is 0 Å². The highest BCUT2D eigenvalue weighted by molar-refractivity contribution is 5.95. The number of methoxy groups -OCH3 is 1. The summed E-state index contributed by atoms with van der Waals surface area (Å²) in [5.74, 6) is 0.276. The Morgan fingerprint density at radius 3 is 2.72 bits per heavy atom. The van der Waals surface area contributed by atoms with Crippen molar-refractivity contribution in [1.82, 2.24) is 5.32 Å². The third-order valence-electron chi connectivity index (χ3n) is 3.38. The van der Waals surface area contributed by atoms with Crippen molar-refractivity contribution in [3.05, 3.63) is 23.8 Å². The van der Waals surface area contributed by atoms with Crippen LogP contribution in [-0.4, -0.2) is 24.2 Å². The Morgan fingerprint density at radius 1 is 1.33 bits per heavy atom. The van der Waals surface area contributed by atoms with Gasteiger partial charge in [0.15, 0.2) is 11.5 Å². The molecule has 1 aromatic carbocycles. The van der Waals surface area contributed by atoms with Crippen molar-refractivity contribution in [2.24, 2.45) is 0 Å². The van der Waals surface area contributed by atoms with E-state index in [1.54, 1.807) is 12.1 Å². The molecule has 1 saturated carbocycles. The molecule has 2 rings (SSSR count). The molecule has 2 N–H and O–H groups in total. The Bertz CT molecular complexity index is 425. The van der Waals surface area contributed by atoms with E-state index in [2.05, 4.69) is 5.32 Å². The van der Waals surface area contributed by atoms with E-state index < -0.39 is 0 Å². The Balaban J connectivity index is 2.03. The fourth-order valence-corrected chi connectivity index (χ4v) is 2.33. The van der Waals surface area contributed by atoms with E-state index in [9.17, 15) is 9.90 Å². The molecular weight excluding hydrogens is 230 g/mol. The van der Waals surface area contributed by atoms with E-state index in [0.29, 0.717) is 11.3 Å². The average molecular weight is 249 g/mol. The van der Waals surface area contributed by atoms with Gasteiger partial charge in [0, 0.05) is 11.6 Å². The molecular formula is C14H19NO3. The fourth-order valence-electron chi connectivity index (χ4n) is 2.33. The smallest absolute Gasteiger partial charge is 0.251 e. The van der Waals surface area contributed by atoms with Crippen molar-refractivity contribution in [3.8, 4) is 11.5 Å². The number of nitrogens with one attached hydrogen (secondary N) is 1. The number of carbonyl (C=O) groups excluding carboxylic acids is 1. The second-order valence-electron chi connectivity index (χ2n) is 4.70. The number of aromatic hydroxyl groups is 1. The largest absolute Gasteiger partial charge is 0.504 e. The van der Waals surface area contributed by atoms with E-state index in [-0.39, 0.29) is 17.7 Å². The molecule has 4 nitrogen and oxygen atoms in total. The minimum absolute atomic E-state index is 0.0479. The van der Waals surface area contributed by atoms with Crippen molar-refractivity contribution in [3.63, 3.8) is 0 Å². The molecule has 0 unspecified atom stereocenters. The number of hydrogen-bond acceptors (Lipinski definition) is 3. The molecule has 0 atom stereocenters. The van der Waals surface area contributed by atoms with Gasteiger partial charge in [-0.2, -0.15) is 0 Å². The van der Waals surface area contributed by atoms with E-state index in [1.807, 2.05) is 0 Å². The lowest BCUT2D eigenvalue weighted by Gasteiger charge is -2.22. The number of ether oxygens (including phenoxy) is 1. The zero-order valence-electron chi connectivity index (χ0n) is 10.6. The third kappa shape index (κ3) is 2.94. The quantitative estimate of drug-likeness (QED) is 0.865. The van der Waals surface area contributed by atoms with E-state index in [1.165, 1.54) is 32.4 Å². The first-order chi connectivity index (χ1) is 8.70. The van der Waals surface area contributed by atoms with Gasteiger partial charge in [0.25, 0.3) is 5.91 Å². The van der Waals surface area contributed by atoms with Gasteiger partial charge in [0.1, 0.15) is 0 Å². The highest BCUT2D eigenvalue weighted by Crippen LogP contribution is 2.26. The Hall–Kier alpha value is -1.71. The maximum atomic E-state index is 12.0. The molecule has 1 aliphatic rings. The SMILES string of the molecule is COc1cc(C(=O)NC2CCCCC2)ccc1O. The molecule has 4 heteroatoms. The first-order valence-electron chi connectivity index (χ1n) is 6.38. The summed E-state index contributed by atoms with van der Waals surface area (Å²) in [7, 11) is 1.47. The van der Waals surface area contributed by atoms with E-state index in [4.69, 9.17) is 4.74 Å². The third-order valence-corrected chi connectivity index (χ3v) is 3.38. The zero-order chi connectivity index (χ0) is 13.0. The molecule has 0 spiro atoms. The standard InChI is InChI=1S/C14H19NO3/c1-18-13-9-10(7-8-12(13)16)14(17)15-11-5-3-2-4-6-11/h7-9,11,16H,2-6H2,1H3,(H,15,17). The summed E-state index contributed by atoms with van der Waals surface area (Å²) in [5, 5.41) is 12.5. The van der Waals surface area contributed by atoms with Crippen LogP contribution in [0.4, 0.5) is 0 Å². The lowest BCUT2D eigenvalue weighted by molar-refractivity contribution is 0.0927. The summed E-state index contributed by atoms with van der Waals surface area (Å²) in [6, 6.07) is 4.93. The van der Waals surface area contributed by atoms with Crippen molar-refractivity contribution in [2.45, 2.75) is 38.1 Å². The molecule has 1 aliphatic carbocycles. The van der Waals surface area contributed by atoms with Crippen LogP contribution in [0.2, 0.25) is 0 Å². The average Bonchev–Trinajstić information content (AvgIpc) is 2.40. The van der Waals surface area contributed by atoms with Crippen LogP contribution < -0.4 is 10.1 Å². The number of carbonyl (C=O) groups is 1. The number of amides is 1. The molecule has 1 aromatic rings. The van der Waals surface area contributed by atoms with Crippen LogP contribution in [0.3, 0.4) is 0 Å². The maximum Gasteiger partial charge on any atom is 0.251 e. The van der Waals surface area contributed by atoms with Gasteiger partial charge in [-0.15, -0.1) is 0 Å². The van der Waals surface area contributed by atoms with Gasteiger partial charge in [-0.25, -0.2) is 0 Å². The molecule has 0 saturated heterocycles. The number of rotatable bonds is 3. The maximum absolute atomic E-state index is 12.0. The number of hydrogen-bond donors (Lipinski definition) is 2. The van der Waals surface area contributed by atoms with Crippen LogP contribution in [0.5, 0.6) is 11.5 Å². The minimum atomic E-state index is -0.0970. The lowest BCUT2D eigenvalue weighted by atomic mass is 9.95. The Labute approximate surface area is 107 Å². The van der Waals surface area contributed by atoms with Crippen molar-refractivity contribution in [2.75, 3.05) is 7.11 Å². The molecule has 98 valence electrons. The second kappa shape index (κ2) is 5.76. The number of phenolic OH excluding ortho intramolecular Hbond substituents is 1. The Morgan fingerprint density at radius 2 is 2.06 bits per heavy atom. The van der Waals surface area contributed by atoms with Crippen molar-refractivity contribution < 1.29 is 14.6 Å². The summed E-state index contributed by atoms with van der Waals surface area (Å²) in [5.41, 5.74) is 0.523. The topological polar surface area (TPSA) is 58.6 Å². The predicted molar refractivity (Wildman–Crippen MR) is 69.0 cm³/mol. The summed E-state index contributed by atoms with van der Waals surface area (Å²) in [4.78, 5) is 12.0. The van der Waals surface area contributed by atoms with Gasteiger partial charge in [0.2, 0.25) is 0 Å². The van der Waals surface area contributed by atoms with Gasteiger partial charge < -0.3 is 15.2 Å². The molecule has 0 radical (unpaired) electrons. The molecule has 1 amide bonds. The molecule has 0 bridgehead atoms. The zero-order valence-corrected chi connectivity index (χ0v) is 10.6. The first-order valence-corrected chi connectivity index (χ1v) is 6.38. The molecule has 0 heterocycles. The van der Waals surface area contributed by atoms with Crippen LogP contribution in [0, 0.1) is 0 Å². The Kier molecular flexibility index (Phi) is 4.07. The molecule has 0 aromatic heterocycles. The predicted octanol–water partition coefficient (Wildman–Crippen LogP) is 2.46. The summed E-state index contributed by atoms with van der Waals surface area (Å²) >= 11 is 0. The van der Waals surface area contributed by atoms with E-state index in [0.717, 1.165) is 12.8 Å². The molecule has 1 fully saturated rings. The second-order valence-corrected chi connectivity index (χ2v) is 4.70. The molecule has 18 heavy (non-hydrogen) atoms. The monoisotopic (exact) mass is 249 g/mol. The van der Waals surface area contributed by atoms with Gasteiger partial charge in [-0.3, -0.25) is 4.79 Å². The van der Waals surface area contributed by atoms with Gasteiger partial charge >= 0.3 is 0 Å². The van der Waals surface area contributed by atoms with Crippen LogP contribution in [0.15, 0.2) is 18.2 Å². The number of benzene rings is 1. The normalized spacial score (nSPS) is 16.3. The first kappa shape index (κ1) is 12.7. The highest BCUT2D eigenvalue weighted by Gasteiger charge is 2.17. The molecule has 0 aliphatic heterocycles. The van der Waals surface area contributed by atoms with Crippen molar-refractivity contribution >= 4 is 5.91 Å². The number of phenols is 1. The fraction of sp³-hybridized carbons (Fsp3) is 0.500. The van der Waals surface area contributed by atoms with Gasteiger partial charge in [-0.1, -0.05) is 19.3 Å².